The molecule has 6 heteroatoms. The summed E-state index contributed by atoms with van der Waals surface area (Å²) < 4.78 is 6.55. The summed E-state index contributed by atoms with van der Waals surface area (Å²) in [5, 5.41) is 4.45. The minimum Gasteiger partial charge on any atom is -0.464 e. The van der Waals surface area contributed by atoms with Crippen molar-refractivity contribution in [1.29, 1.82) is 0 Å². The molecule has 1 aromatic heterocycles. The topological polar surface area (TPSA) is 64.4 Å². The SMILES string of the molecule is CC(C)n1nc2c(cc1=O)CN(C1CCOC1=O)CC2. The first-order chi connectivity index (χ1) is 9.56. The number of fused-ring (bicyclic) bond motifs is 1. The molecule has 2 aliphatic heterocycles. The molecule has 6 nitrogen and oxygen atoms in total. The van der Waals surface area contributed by atoms with E-state index in [9.17, 15) is 9.59 Å². The first kappa shape index (κ1) is 13.3. The molecule has 1 fully saturated rings. The smallest absolute Gasteiger partial charge is 0.323 e. The number of ether oxygens (including phenoxy) is 1. The Morgan fingerprint density at radius 1 is 1.40 bits per heavy atom. The molecule has 2 aliphatic rings. The van der Waals surface area contributed by atoms with Gasteiger partial charge in [0.2, 0.25) is 0 Å². The molecule has 0 N–H and O–H groups in total. The average Bonchev–Trinajstić information content (AvgIpc) is 2.83. The maximum absolute atomic E-state index is 12.0. The van der Waals surface area contributed by atoms with Gasteiger partial charge in [0.1, 0.15) is 6.04 Å². The van der Waals surface area contributed by atoms with Crippen LogP contribution in [0.5, 0.6) is 0 Å². The molecule has 0 bridgehead atoms. The highest BCUT2D eigenvalue weighted by Gasteiger charge is 2.34. The van der Waals surface area contributed by atoms with Crippen molar-refractivity contribution in [1.82, 2.24) is 14.7 Å². The lowest BCUT2D eigenvalue weighted by Gasteiger charge is -2.31. The molecule has 1 atom stereocenters. The first-order valence-corrected chi connectivity index (χ1v) is 7.08. The van der Waals surface area contributed by atoms with Crippen molar-refractivity contribution < 1.29 is 9.53 Å². The Balaban J connectivity index is 1.87. The molecule has 1 unspecified atom stereocenters. The number of aromatic nitrogens is 2. The Bertz CT molecular complexity index is 594. The fraction of sp³-hybridized carbons (Fsp3) is 0.643. The fourth-order valence-electron chi connectivity index (χ4n) is 2.89. The third-order valence-electron chi connectivity index (χ3n) is 3.97. The molecule has 0 spiro atoms. The normalized spacial score (nSPS) is 22.9. The van der Waals surface area contributed by atoms with Crippen LogP contribution in [0.1, 0.15) is 37.6 Å². The second kappa shape index (κ2) is 5.01. The monoisotopic (exact) mass is 277 g/mol. The number of cyclic esters (lactones) is 1. The maximum atomic E-state index is 12.0. The summed E-state index contributed by atoms with van der Waals surface area (Å²) >= 11 is 0. The average molecular weight is 277 g/mol. The second-order valence-corrected chi connectivity index (χ2v) is 5.69. The number of esters is 1. The number of nitrogens with zero attached hydrogens (tertiary/aromatic N) is 3. The van der Waals surface area contributed by atoms with Gasteiger partial charge in [0, 0.05) is 32.0 Å². The van der Waals surface area contributed by atoms with Gasteiger partial charge in [-0.2, -0.15) is 5.10 Å². The van der Waals surface area contributed by atoms with E-state index < -0.39 is 0 Å². The van der Waals surface area contributed by atoms with Crippen LogP contribution >= 0.6 is 0 Å². The van der Waals surface area contributed by atoms with Crippen LogP contribution in [0.4, 0.5) is 0 Å². The van der Waals surface area contributed by atoms with Crippen molar-refractivity contribution in [2.24, 2.45) is 0 Å². The molecular formula is C14H19N3O3. The predicted molar refractivity (Wildman–Crippen MR) is 72.4 cm³/mol. The van der Waals surface area contributed by atoms with Gasteiger partial charge in [0.15, 0.2) is 0 Å². The highest BCUT2D eigenvalue weighted by molar-refractivity contribution is 5.77. The van der Waals surface area contributed by atoms with Gasteiger partial charge in [-0.05, 0) is 19.4 Å². The fourth-order valence-corrected chi connectivity index (χ4v) is 2.89. The molecule has 0 radical (unpaired) electrons. The zero-order chi connectivity index (χ0) is 14.3. The molecule has 1 saturated heterocycles. The van der Waals surface area contributed by atoms with Gasteiger partial charge < -0.3 is 4.74 Å². The van der Waals surface area contributed by atoms with Crippen LogP contribution in [0.3, 0.4) is 0 Å². The van der Waals surface area contributed by atoms with Gasteiger partial charge in [-0.15, -0.1) is 0 Å². The van der Waals surface area contributed by atoms with Crippen LogP contribution in [-0.4, -0.2) is 39.8 Å². The van der Waals surface area contributed by atoms with Crippen LogP contribution in [0, 0.1) is 0 Å². The summed E-state index contributed by atoms with van der Waals surface area (Å²) in [5.41, 5.74) is 1.84. The molecule has 0 aromatic carbocycles. The van der Waals surface area contributed by atoms with E-state index in [0.29, 0.717) is 13.2 Å². The van der Waals surface area contributed by atoms with Gasteiger partial charge in [-0.25, -0.2) is 4.68 Å². The maximum Gasteiger partial charge on any atom is 0.323 e. The van der Waals surface area contributed by atoms with Gasteiger partial charge in [-0.1, -0.05) is 0 Å². The second-order valence-electron chi connectivity index (χ2n) is 5.69. The van der Waals surface area contributed by atoms with Crippen molar-refractivity contribution >= 4 is 5.97 Å². The van der Waals surface area contributed by atoms with E-state index in [1.165, 1.54) is 4.68 Å². The Labute approximate surface area is 117 Å². The minimum absolute atomic E-state index is 0.0654. The Morgan fingerprint density at radius 3 is 2.85 bits per heavy atom. The van der Waals surface area contributed by atoms with E-state index in [1.807, 2.05) is 13.8 Å². The summed E-state index contributed by atoms with van der Waals surface area (Å²) in [5.74, 6) is -0.142. The number of carbonyl (C=O) groups is 1. The van der Waals surface area contributed by atoms with Gasteiger partial charge >= 0.3 is 5.97 Å². The van der Waals surface area contributed by atoms with Crippen molar-refractivity contribution in [2.75, 3.05) is 13.2 Å². The van der Waals surface area contributed by atoms with E-state index in [2.05, 4.69) is 10.00 Å². The van der Waals surface area contributed by atoms with Crippen LogP contribution in [0.15, 0.2) is 10.9 Å². The molecule has 20 heavy (non-hydrogen) atoms. The van der Waals surface area contributed by atoms with E-state index in [4.69, 9.17) is 4.74 Å². The predicted octanol–water partition coefficient (Wildman–Crippen LogP) is 0.498. The number of carbonyl (C=O) groups excluding carboxylic acids is 1. The molecule has 0 aliphatic carbocycles. The Kier molecular flexibility index (Phi) is 3.33. The summed E-state index contributed by atoms with van der Waals surface area (Å²) in [6, 6.07) is 1.57. The van der Waals surface area contributed by atoms with E-state index in [1.54, 1.807) is 6.07 Å². The Hall–Kier alpha value is -1.69. The molecule has 108 valence electrons. The lowest BCUT2D eigenvalue weighted by molar-refractivity contribution is -0.142. The zero-order valence-electron chi connectivity index (χ0n) is 11.8. The molecular weight excluding hydrogens is 258 g/mol. The lowest BCUT2D eigenvalue weighted by Crippen LogP contribution is -2.43. The van der Waals surface area contributed by atoms with Crippen molar-refractivity contribution in [3.05, 3.63) is 27.7 Å². The van der Waals surface area contributed by atoms with Gasteiger partial charge in [-0.3, -0.25) is 14.5 Å². The van der Waals surface area contributed by atoms with Crippen LogP contribution in [0.2, 0.25) is 0 Å². The summed E-state index contributed by atoms with van der Waals surface area (Å²) in [7, 11) is 0. The van der Waals surface area contributed by atoms with Crippen molar-refractivity contribution in [3.63, 3.8) is 0 Å². The third kappa shape index (κ3) is 2.24. The molecule has 1 aromatic rings. The summed E-state index contributed by atoms with van der Waals surface area (Å²) in [6.07, 6.45) is 1.51. The van der Waals surface area contributed by atoms with E-state index in [0.717, 1.165) is 30.6 Å². The largest absolute Gasteiger partial charge is 0.464 e. The molecule has 3 heterocycles. The van der Waals surface area contributed by atoms with Gasteiger partial charge in [0.05, 0.1) is 18.3 Å². The molecule has 0 saturated carbocycles. The number of rotatable bonds is 2. The van der Waals surface area contributed by atoms with Crippen molar-refractivity contribution in [3.8, 4) is 0 Å². The molecule has 0 amide bonds. The van der Waals surface area contributed by atoms with Crippen LogP contribution < -0.4 is 5.56 Å². The number of hydrogen-bond donors (Lipinski definition) is 0. The van der Waals surface area contributed by atoms with Gasteiger partial charge in [0.25, 0.3) is 5.56 Å². The zero-order valence-corrected chi connectivity index (χ0v) is 11.8. The third-order valence-corrected chi connectivity index (χ3v) is 3.97. The summed E-state index contributed by atoms with van der Waals surface area (Å²) in [6.45, 7) is 5.79. The van der Waals surface area contributed by atoms with E-state index >= 15 is 0 Å². The van der Waals surface area contributed by atoms with Crippen LogP contribution in [-0.2, 0) is 22.5 Å². The number of hydrogen-bond acceptors (Lipinski definition) is 5. The highest BCUT2D eigenvalue weighted by Crippen LogP contribution is 2.22. The standard InChI is InChI=1S/C14H19N3O3/c1-9(2)17-13(18)7-10-8-16(5-3-11(10)15-17)12-4-6-20-14(12)19/h7,9,12H,3-6,8H2,1-2H3. The highest BCUT2D eigenvalue weighted by atomic mass is 16.5. The van der Waals surface area contributed by atoms with Crippen molar-refractivity contribution in [2.45, 2.75) is 45.3 Å². The quantitative estimate of drug-likeness (QED) is 0.736. The lowest BCUT2D eigenvalue weighted by atomic mass is 10.0. The first-order valence-electron chi connectivity index (χ1n) is 7.08. The Morgan fingerprint density at radius 2 is 2.20 bits per heavy atom. The van der Waals surface area contributed by atoms with Crippen LogP contribution in [0.25, 0.3) is 0 Å². The van der Waals surface area contributed by atoms with E-state index in [-0.39, 0.29) is 23.6 Å². The minimum atomic E-state index is -0.157. The summed E-state index contributed by atoms with van der Waals surface area (Å²) in [4.78, 5) is 25.8. The molecule has 3 rings (SSSR count).